The first-order chi connectivity index (χ1) is 19.0. The summed E-state index contributed by atoms with van der Waals surface area (Å²) in [5.41, 5.74) is 2.07. The van der Waals surface area contributed by atoms with Crippen LogP contribution < -0.4 is 4.90 Å². The van der Waals surface area contributed by atoms with E-state index < -0.39 is 36.4 Å². The number of hydrogen-bond donors (Lipinski definition) is 4. The molecule has 0 bridgehead atoms. The van der Waals surface area contributed by atoms with Gasteiger partial charge in [-0.2, -0.15) is 0 Å². The van der Waals surface area contributed by atoms with E-state index in [0.717, 1.165) is 6.54 Å². The number of hydrogen-bond acceptors (Lipinski definition) is 7. The average Bonchev–Trinajstić information content (AvgIpc) is 3.51. The number of para-hydroxylation sites is 1. The van der Waals surface area contributed by atoms with Gasteiger partial charge in [0.1, 0.15) is 0 Å². The Kier molecular flexibility index (Phi) is 9.43. The number of carboxylic acid groups (broad SMARTS) is 3. The Morgan fingerprint density at radius 3 is 2.20 bits per heavy atom. The lowest BCUT2D eigenvalue weighted by Gasteiger charge is -2.33. The number of aliphatic hydroxyl groups is 1. The highest BCUT2D eigenvalue weighted by Gasteiger charge is 2.41. The van der Waals surface area contributed by atoms with Crippen LogP contribution in [0.3, 0.4) is 0 Å². The van der Waals surface area contributed by atoms with Crippen molar-refractivity contribution in [1.82, 2.24) is 4.90 Å². The number of aryl methyl sites for hydroxylation is 1. The maximum atomic E-state index is 10.3. The van der Waals surface area contributed by atoms with Crippen LogP contribution in [0.1, 0.15) is 56.9 Å². The predicted octanol–water partition coefficient (Wildman–Crippen LogP) is 5.01. The van der Waals surface area contributed by atoms with Crippen molar-refractivity contribution in [3.05, 3.63) is 48.0 Å². The molecule has 0 atom stereocenters. The van der Waals surface area contributed by atoms with Crippen molar-refractivity contribution >= 4 is 41.0 Å². The van der Waals surface area contributed by atoms with Gasteiger partial charge < -0.3 is 30.2 Å². The fourth-order valence-electron chi connectivity index (χ4n) is 6.10. The number of carboxylic acids is 3. The molecule has 0 unspecified atom stereocenters. The van der Waals surface area contributed by atoms with E-state index in [-0.39, 0.29) is 0 Å². The molecular weight excluding hydrogens is 532 g/mol. The Hall–Kier alpha value is -3.08. The Labute approximate surface area is 238 Å². The zero-order chi connectivity index (χ0) is 28.9. The molecule has 9 nitrogen and oxygen atoms in total. The molecule has 40 heavy (non-hydrogen) atoms. The van der Waals surface area contributed by atoms with Gasteiger partial charge in [0.15, 0.2) is 5.60 Å². The van der Waals surface area contributed by atoms with Crippen molar-refractivity contribution in [2.24, 2.45) is 5.41 Å². The lowest BCUT2D eigenvalue weighted by molar-refractivity contribution is -0.170. The number of benzene rings is 2. The van der Waals surface area contributed by atoms with Crippen LogP contribution in [-0.4, -0.2) is 75.0 Å². The van der Waals surface area contributed by atoms with Gasteiger partial charge in [0.05, 0.1) is 24.2 Å². The molecule has 2 aromatic rings. The molecule has 1 saturated heterocycles. The molecule has 216 valence electrons. The number of anilines is 2. The Morgan fingerprint density at radius 1 is 0.900 bits per heavy atom. The summed E-state index contributed by atoms with van der Waals surface area (Å²) in [5, 5.41) is 33.8. The summed E-state index contributed by atoms with van der Waals surface area (Å²) in [6, 6.07) is 15.8. The minimum atomic E-state index is -2.74. The van der Waals surface area contributed by atoms with E-state index in [1.807, 2.05) is 11.8 Å². The maximum Gasteiger partial charge on any atom is 0.336 e. The molecule has 4 N–H and O–H groups in total. The molecule has 5 rings (SSSR count). The fourth-order valence-corrected chi connectivity index (χ4v) is 7.29. The Balaban J connectivity index is 0.000000243. The molecule has 3 aliphatic rings. The first-order valence-corrected chi connectivity index (χ1v) is 14.6. The van der Waals surface area contributed by atoms with Gasteiger partial charge in [-0.15, -0.1) is 0 Å². The Morgan fingerprint density at radius 2 is 1.55 bits per heavy atom. The minimum absolute atomic E-state index is 0.693. The molecular formula is C30H38N2O7S. The van der Waals surface area contributed by atoms with Crippen molar-refractivity contribution in [2.75, 3.05) is 31.1 Å². The standard InChI is InChI=1S/C24H30N2S.C6H8O7/c1-19-9-10-21-23(17-19)27-22-8-3-2-7-20(22)26(21)15-6-14-25-16-13-24(18-25)11-4-5-12-24;7-3(8)1-6(13,5(11)12)2-4(9)10/h2-3,7-10,17H,4-6,11-16,18H2,1H3;13H,1-2H2,(H,7,8)(H,9,10)(H,11,12). The molecule has 0 amide bonds. The van der Waals surface area contributed by atoms with Crippen LogP contribution in [-0.2, 0) is 14.4 Å². The van der Waals surface area contributed by atoms with Gasteiger partial charge in [0.25, 0.3) is 0 Å². The molecule has 1 spiro atoms. The van der Waals surface area contributed by atoms with Crippen LogP contribution in [0.15, 0.2) is 52.3 Å². The van der Waals surface area contributed by atoms with E-state index >= 15 is 0 Å². The van der Waals surface area contributed by atoms with Crippen LogP contribution >= 0.6 is 11.8 Å². The number of rotatable bonds is 9. The van der Waals surface area contributed by atoms with E-state index in [1.54, 1.807) is 0 Å². The van der Waals surface area contributed by atoms with Gasteiger partial charge in [0.2, 0.25) is 0 Å². The summed E-state index contributed by atoms with van der Waals surface area (Å²) >= 11 is 1.92. The lowest BCUT2D eigenvalue weighted by Crippen LogP contribution is -2.42. The molecule has 1 aliphatic carbocycles. The van der Waals surface area contributed by atoms with Gasteiger partial charge in [0, 0.05) is 22.9 Å². The molecule has 2 fully saturated rings. The summed E-state index contributed by atoms with van der Waals surface area (Å²) < 4.78 is 0. The van der Waals surface area contributed by atoms with Crippen LogP contribution in [0.5, 0.6) is 0 Å². The summed E-state index contributed by atoms with van der Waals surface area (Å²) in [4.78, 5) is 38.6. The number of fused-ring (bicyclic) bond motifs is 2. The quantitative estimate of drug-likeness (QED) is 0.326. The summed E-state index contributed by atoms with van der Waals surface area (Å²) in [6.45, 7) is 7.22. The van der Waals surface area contributed by atoms with Gasteiger partial charge >= 0.3 is 17.9 Å². The third-order valence-corrected chi connectivity index (χ3v) is 9.22. The van der Waals surface area contributed by atoms with Crippen molar-refractivity contribution in [1.29, 1.82) is 0 Å². The smallest absolute Gasteiger partial charge is 0.336 e. The monoisotopic (exact) mass is 570 g/mol. The number of likely N-dealkylation sites (tertiary alicyclic amines) is 1. The van der Waals surface area contributed by atoms with E-state index in [1.165, 1.54) is 84.9 Å². The third-order valence-electron chi connectivity index (χ3n) is 8.11. The van der Waals surface area contributed by atoms with Gasteiger partial charge in [-0.05, 0) is 80.9 Å². The van der Waals surface area contributed by atoms with Gasteiger partial charge in [-0.3, -0.25) is 9.59 Å². The van der Waals surface area contributed by atoms with E-state index in [4.69, 9.17) is 20.4 Å². The zero-order valence-electron chi connectivity index (χ0n) is 22.8. The summed E-state index contributed by atoms with van der Waals surface area (Å²) in [6.07, 6.45) is 6.28. The average molecular weight is 571 g/mol. The van der Waals surface area contributed by atoms with Gasteiger partial charge in [-0.25, -0.2) is 4.79 Å². The summed E-state index contributed by atoms with van der Waals surface area (Å²) in [7, 11) is 0. The molecule has 0 aromatic heterocycles. The lowest BCUT2D eigenvalue weighted by atomic mass is 9.86. The minimum Gasteiger partial charge on any atom is -0.481 e. The molecule has 0 radical (unpaired) electrons. The number of aliphatic carboxylic acids is 3. The van der Waals surface area contributed by atoms with E-state index in [9.17, 15) is 14.4 Å². The topological polar surface area (TPSA) is 139 Å². The fraction of sp³-hybridized carbons (Fsp3) is 0.500. The highest BCUT2D eigenvalue weighted by Crippen LogP contribution is 2.48. The van der Waals surface area contributed by atoms with Crippen LogP contribution in [0.2, 0.25) is 0 Å². The van der Waals surface area contributed by atoms with Gasteiger partial charge in [-0.1, -0.05) is 42.8 Å². The largest absolute Gasteiger partial charge is 0.481 e. The van der Waals surface area contributed by atoms with Crippen molar-refractivity contribution in [2.45, 2.75) is 73.7 Å². The zero-order valence-corrected chi connectivity index (χ0v) is 23.7. The molecule has 1 saturated carbocycles. The second kappa shape index (κ2) is 12.6. The van der Waals surface area contributed by atoms with Crippen molar-refractivity contribution in [3.8, 4) is 0 Å². The molecule has 10 heteroatoms. The van der Waals surface area contributed by atoms with Crippen molar-refractivity contribution in [3.63, 3.8) is 0 Å². The van der Waals surface area contributed by atoms with Crippen LogP contribution in [0, 0.1) is 12.3 Å². The first-order valence-electron chi connectivity index (χ1n) is 13.8. The second-order valence-electron chi connectivity index (χ2n) is 11.3. The third kappa shape index (κ3) is 7.16. The number of nitrogens with zero attached hydrogens (tertiary/aromatic N) is 2. The van der Waals surface area contributed by atoms with Crippen LogP contribution in [0.25, 0.3) is 0 Å². The number of carbonyl (C=O) groups is 3. The van der Waals surface area contributed by atoms with Crippen LogP contribution in [0.4, 0.5) is 11.4 Å². The van der Waals surface area contributed by atoms with E-state index in [2.05, 4.69) is 59.2 Å². The Bertz CT molecular complexity index is 1230. The highest BCUT2D eigenvalue weighted by atomic mass is 32.2. The van der Waals surface area contributed by atoms with Crippen molar-refractivity contribution < 1.29 is 34.8 Å². The maximum absolute atomic E-state index is 10.3. The second-order valence-corrected chi connectivity index (χ2v) is 12.3. The molecule has 2 aliphatic heterocycles. The molecule has 2 heterocycles. The van der Waals surface area contributed by atoms with E-state index in [0.29, 0.717) is 5.41 Å². The highest BCUT2D eigenvalue weighted by molar-refractivity contribution is 7.99. The summed E-state index contributed by atoms with van der Waals surface area (Å²) in [5.74, 6) is -5.02. The SMILES string of the molecule is Cc1ccc2c(c1)Sc1ccccc1N2CCCN1CCC2(CCCC2)C1.O=C(O)CC(O)(CC(=O)O)C(=O)O. The first kappa shape index (κ1) is 29.9. The predicted molar refractivity (Wildman–Crippen MR) is 152 cm³/mol. The molecule has 2 aromatic carbocycles. The normalized spacial score (nSPS) is 17.6.